The van der Waals surface area contributed by atoms with E-state index in [-0.39, 0.29) is 16.7 Å². The first kappa shape index (κ1) is 15.8. The number of likely N-dealkylation sites (tertiary alicyclic amines) is 1. The smallest absolute Gasteiger partial charge is 0.0830 e. The summed E-state index contributed by atoms with van der Waals surface area (Å²) in [4.78, 5) is 2.80. The van der Waals surface area contributed by atoms with Crippen molar-refractivity contribution < 1.29 is 4.74 Å². The Hall–Kier alpha value is -0.120. The topological polar surface area (TPSA) is 38.5 Å². The van der Waals surface area contributed by atoms with Crippen LogP contribution in [0.25, 0.3) is 0 Å². The van der Waals surface area contributed by atoms with Crippen molar-refractivity contribution in [3.05, 3.63) is 0 Å². The van der Waals surface area contributed by atoms with Gasteiger partial charge in [-0.1, -0.05) is 12.8 Å². The predicted octanol–water partition coefficient (Wildman–Crippen LogP) is 3.32. The third-order valence-corrected chi connectivity index (χ3v) is 6.50. The molecule has 0 spiro atoms. The maximum atomic E-state index is 6.45. The molecule has 0 bridgehead atoms. The van der Waals surface area contributed by atoms with Gasteiger partial charge >= 0.3 is 0 Å². The maximum absolute atomic E-state index is 6.45. The van der Waals surface area contributed by atoms with Gasteiger partial charge in [-0.25, -0.2) is 0 Å². The average molecular weight is 294 g/mol. The molecule has 1 saturated carbocycles. The van der Waals surface area contributed by atoms with Gasteiger partial charge in [-0.3, -0.25) is 4.90 Å². The minimum Gasteiger partial charge on any atom is -0.368 e. The Kier molecular flexibility index (Phi) is 3.91. The highest BCUT2D eigenvalue weighted by molar-refractivity contribution is 5.15. The van der Waals surface area contributed by atoms with Crippen LogP contribution in [0.2, 0.25) is 0 Å². The zero-order valence-corrected chi connectivity index (χ0v) is 14.5. The van der Waals surface area contributed by atoms with Crippen LogP contribution in [0.5, 0.6) is 0 Å². The van der Waals surface area contributed by atoms with Crippen LogP contribution < -0.4 is 5.73 Å². The molecule has 122 valence electrons. The molecule has 1 aliphatic carbocycles. The van der Waals surface area contributed by atoms with Crippen molar-refractivity contribution in [1.29, 1.82) is 0 Å². The van der Waals surface area contributed by atoms with Gasteiger partial charge in [0.1, 0.15) is 0 Å². The van der Waals surface area contributed by atoms with E-state index < -0.39 is 0 Å². The number of ether oxygens (including phenoxy) is 1. The molecule has 2 N–H and O–H groups in total. The summed E-state index contributed by atoms with van der Waals surface area (Å²) in [6, 6.07) is 0.743. The predicted molar refractivity (Wildman–Crippen MR) is 87.3 cm³/mol. The second-order valence-electron chi connectivity index (χ2n) is 8.73. The van der Waals surface area contributed by atoms with Crippen LogP contribution in [0, 0.1) is 5.92 Å². The van der Waals surface area contributed by atoms with Crippen LogP contribution in [-0.4, -0.2) is 40.8 Å². The van der Waals surface area contributed by atoms with Gasteiger partial charge in [0.25, 0.3) is 0 Å². The molecule has 0 aromatic heterocycles. The number of rotatable bonds is 2. The van der Waals surface area contributed by atoms with Crippen molar-refractivity contribution in [3.63, 3.8) is 0 Å². The minimum absolute atomic E-state index is 0.0111. The average Bonchev–Trinajstić information content (AvgIpc) is 2.62. The highest BCUT2D eigenvalue weighted by atomic mass is 16.5. The van der Waals surface area contributed by atoms with Crippen molar-refractivity contribution in [2.24, 2.45) is 11.7 Å². The van der Waals surface area contributed by atoms with Gasteiger partial charge in [-0.05, 0) is 72.3 Å². The Bertz CT molecular complexity index is 391. The van der Waals surface area contributed by atoms with Crippen LogP contribution >= 0.6 is 0 Å². The summed E-state index contributed by atoms with van der Waals surface area (Å²) >= 11 is 0. The van der Waals surface area contributed by atoms with E-state index in [1.54, 1.807) is 0 Å². The molecule has 2 saturated heterocycles. The third-order valence-electron chi connectivity index (χ3n) is 6.50. The summed E-state index contributed by atoms with van der Waals surface area (Å²) in [6.07, 6.45) is 9.42. The van der Waals surface area contributed by atoms with Gasteiger partial charge in [0.15, 0.2) is 0 Å². The van der Waals surface area contributed by atoms with E-state index in [4.69, 9.17) is 10.5 Å². The number of hydrogen-bond acceptors (Lipinski definition) is 3. The molecule has 3 heteroatoms. The molecule has 0 aromatic rings. The molecular weight excluding hydrogens is 260 g/mol. The Morgan fingerprint density at radius 2 is 1.71 bits per heavy atom. The van der Waals surface area contributed by atoms with E-state index in [0.717, 1.165) is 18.4 Å². The van der Waals surface area contributed by atoms with Crippen molar-refractivity contribution in [3.8, 4) is 0 Å². The molecule has 3 atom stereocenters. The lowest BCUT2D eigenvalue weighted by molar-refractivity contribution is -0.125. The van der Waals surface area contributed by atoms with Gasteiger partial charge in [-0.2, -0.15) is 0 Å². The van der Waals surface area contributed by atoms with Crippen LogP contribution in [-0.2, 0) is 4.74 Å². The fourth-order valence-corrected chi connectivity index (χ4v) is 5.78. The molecule has 2 heterocycles. The molecule has 3 nitrogen and oxygen atoms in total. The van der Waals surface area contributed by atoms with E-state index in [1.807, 2.05) is 0 Å². The number of fused-ring (bicyclic) bond motifs is 1. The number of nitrogens with zero attached hydrogens (tertiary/aromatic N) is 1. The van der Waals surface area contributed by atoms with Gasteiger partial charge in [0.05, 0.1) is 16.7 Å². The lowest BCUT2D eigenvalue weighted by atomic mass is 9.71. The summed E-state index contributed by atoms with van der Waals surface area (Å²) < 4.78 is 6.45. The quantitative estimate of drug-likeness (QED) is 0.849. The molecule has 21 heavy (non-hydrogen) atoms. The first-order valence-electron chi connectivity index (χ1n) is 8.98. The van der Waals surface area contributed by atoms with Gasteiger partial charge in [0.2, 0.25) is 0 Å². The third kappa shape index (κ3) is 2.46. The second-order valence-corrected chi connectivity index (χ2v) is 8.73. The lowest BCUT2D eigenvalue weighted by Gasteiger charge is -2.56. The van der Waals surface area contributed by atoms with Crippen LogP contribution in [0.4, 0.5) is 0 Å². The summed E-state index contributed by atoms with van der Waals surface area (Å²) in [5.74, 6) is 0.899. The standard InChI is InChI=1S/C18H34N2O/c1-16(2)12-18(13-19,17(3,4)21-16)20-11-7-9-14-8-5-6-10-15(14)20/h14-15H,5-13,19H2,1-4H3/t14-,15-,18?/m1/s1. The number of nitrogens with two attached hydrogens (primary N) is 1. The van der Waals surface area contributed by atoms with Gasteiger partial charge < -0.3 is 10.5 Å². The molecule has 2 aliphatic heterocycles. The van der Waals surface area contributed by atoms with Crippen molar-refractivity contribution >= 4 is 0 Å². The fourth-order valence-electron chi connectivity index (χ4n) is 5.78. The minimum atomic E-state index is -0.162. The summed E-state index contributed by atoms with van der Waals surface area (Å²) in [5.41, 5.74) is 6.18. The number of hydrogen-bond donors (Lipinski definition) is 1. The Balaban J connectivity index is 1.94. The van der Waals surface area contributed by atoms with E-state index in [2.05, 4.69) is 32.6 Å². The van der Waals surface area contributed by atoms with Crippen molar-refractivity contribution in [2.75, 3.05) is 13.1 Å². The molecule has 0 amide bonds. The highest BCUT2D eigenvalue weighted by Crippen LogP contribution is 2.51. The van der Waals surface area contributed by atoms with Crippen molar-refractivity contribution in [1.82, 2.24) is 4.90 Å². The number of piperidine rings is 1. The monoisotopic (exact) mass is 294 g/mol. The molecular formula is C18H34N2O. The van der Waals surface area contributed by atoms with Gasteiger partial charge in [-0.15, -0.1) is 0 Å². The molecule has 0 radical (unpaired) electrons. The molecule has 1 unspecified atom stereocenters. The van der Waals surface area contributed by atoms with E-state index in [1.165, 1.54) is 45.1 Å². The normalized spacial score (nSPS) is 42.7. The molecule has 0 aromatic carbocycles. The van der Waals surface area contributed by atoms with E-state index >= 15 is 0 Å². The van der Waals surface area contributed by atoms with Crippen LogP contribution in [0.1, 0.15) is 72.6 Å². The Morgan fingerprint density at radius 1 is 1.05 bits per heavy atom. The SMILES string of the molecule is CC1(C)CC(CN)(N2CCC[C@H]3CCCC[C@H]32)C(C)(C)O1. The Labute approximate surface area is 130 Å². The van der Waals surface area contributed by atoms with E-state index in [0.29, 0.717) is 6.54 Å². The zero-order valence-electron chi connectivity index (χ0n) is 14.5. The first-order chi connectivity index (χ1) is 9.81. The summed E-state index contributed by atoms with van der Waals surface area (Å²) in [7, 11) is 0. The highest BCUT2D eigenvalue weighted by Gasteiger charge is 2.61. The maximum Gasteiger partial charge on any atom is 0.0830 e. The zero-order chi connectivity index (χ0) is 15.3. The van der Waals surface area contributed by atoms with Gasteiger partial charge in [0, 0.05) is 12.6 Å². The summed E-state index contributed by atoms with van der Waals surface area (Å²) in [6.45, 7) is 10.9. The van der Waals surface area contributed by atoms with E-state index in [9.17, 15) is 0 Å². The summed E-state index contributed by atoms with van der Waals surface area (Å²) in [5, 5.41) is 0. The fraction of sp³-hybridized carbons (Fsp3) is 1.00. The first-order valence-corrected chi connectivity index (χ1v) is 8.98. The largest absolute Gasteiger partial charge is 0.368 e. The van der Waals surface area contributed by atoms with Crippen LogP contribution in [0.15, 0.2) is 0 Å². The lowest BCUT2D eigenvalue weighted by Crippen LogP contribution is -2.68. The molecule has 3 aliphatic rings. The molecule has 3 fully saturated rings. The molecule has 3 rings (SSSR count). The van der Waals surface area contributed by atoms with Crippen LogP contribution in [0.3, 0.4) is 0 Å². The van der Waals surface area contributed by atoms with Crippen molar-refractivity contribution in [2.45, 2.75) is 95.4 Å². The Morgan fingerprint density at radius 3 is 2.33 bits per heavy atom. The second kappa shape index (κ2) is 5.21.